The third kappa shape index (κ3) is 2.88. The first-order chi connectivity index (χ1) is 9.99. The Labute approximate surface area is 121 Å². The molecule has 0 aliphatic carbocycles. The molecule has 0 spiro atoms. The molecule has 112 valence electrons. The fourth-order valence-electron chi connectivity index (χ4n) is 2.33. The standard InChI is InChI=1S/C16H16F3NO/c1-9-4-6-12(18)14(15(9)19)16(20-2)11-8-10(17)5-7-13(11)21-3/h4-8,16,20H,1-3H3. The molecule has 0 saturated heterocycles. The third-order valence-corrected chi connectivity index (χ3v) is 3.40. The Morgan fingerprint density at radius 1 is 1.10 bits per heavy atom. The van der Waals surface area contributed by atoms with Crippen molar-refractivity contribution in [2.45, 2.75) is 13.0 Å². The van der Waals surface area contributed by atoms with E-state index in [4.69, 9.17) is 4.74 Å². The zero-order chi connectivity index (χ0) is 15.6. The molecular formula is C16H16F3NO. The van der Waals surface area contributed by atoms with Crippen molar-refractivity contribution in [3.63, 3.8) is 0 Å². The number of aryl methyl sites for hydroxylation is 1. The number of hydrogen-bond acceptors (Lipinski definition) is 2. The van der Waals surface area contributed by atoms with Crippen LogP contribution in [0.4, 0.5) is 13.2 Å². The van der Waals surface area contributed by atoms with Gasteiger partial charge in [-0.05, 0) is 43.8 Å². The Kier molecular flexibility index (Phi) is 4.53. The van der Waals surface area contributed by atoms with Crippen molar-refractivity contribution in [3.05, 3.63) is 64.5 Å². The van der Waals surface area contributed by atoms with Gasteiger partial charge < -0.3 is 10.1 Å². The first kappa shape index (κ1) is 15.4. The molecule has 0 aliphatic heterocycles. The number of ether oxygens (including phenoxy) is 1. The van der Waals surface area contributed by atoms with Crippen molar-refractivity contribution in [1.29, 1.82) is 0 Å². The van der Waals surface area contributed by atoms with Gasteiger partial charge >= 0.3 is 0 Å². The molecule has 1 unspecified atom stereocenters. The molecule has 21 heavy (non-hydrogen) atoms. The van der Waals surface area contributed by atoms with Crippen molar-refractivity contribution < 1.29 is 17.9 Å². The van der Waals surface area contributed by atoms with E-state index in [1.807, 2.05) is 0 Å². The SMILES string of the molecule is CNC(c1cc(F)ccc1OC)c1c(F)ccc(C)c1F. The molecule has 0 amide bonds. The minimum Gasteiger partial charge on any atom is -0.496 e. The van der Waals surface area contributed by atoms with Crippen molar-refractivity contribution >= 4 is 0 Å². The van der Waals surface area contributed by atoms with Crippen LogP contribution in [-0.4, -0.2) is 14.2 Å². The first-order valence-corrected chi connectivity index (χ1v) is 6.44. The molecule has 2 rings (SSSR count). The van der Waals surface area contributed by atoms with E-state index in [2.05, 4.69) is 5.32 Å². The van der Waals surface area contributed by atoms with Crippen LogP contribution < -0.4 is 10.1 Å². The van der Waals surface area contributed by atoms with Gasteiger partial charge in [0.1, 0.15) is 23.2 Å². The average molecular weight is 295 g/mol. The Morgan fingerprint density at radius 2 is 1.81 bits per heavy atom. The normalized spacial score (nSPS) is 12.3. The quantitative estimate of drug-likeness (QED) is 0.928. The molecule has 5 heteroatoms. The van der Waals surface area contributed by atoms with E-state index < -0.39 is 23.5 Å². The average Bonchev–Trinajstić information content (AvgIpc) is 2.47. The second-order valence-electron chi connectivity index (χ2n) is 4.70. The summed E-state index contributed by atoms with van der Waals surface area (Å²) < 4.78 is 47.1. The van der Waals surface area contributed by atoms with Gasteiger partial charge in [-0.1, -0.05) is 6.07 Å². The molecule has 0 fully saturated rings. The van der Waals surface area contributed by atoms with Crippen molar-refractivity contribution in [2.75, 3.05) is 14.2 Å². The third-order valence-electron chi connectivity index (χ3n) is 3.40. The number of halogens is 3. The molecule has 0 aliphatic rings. The van der Waals surface area contributed by atoms with Gasteiger partial charge in [0.25, 0.3) is 0 Å². The van der Waals surface area contributed by atoms with Crippen LogP contribution in [0.1, 0.15) is 22.7 Å². The number of benzene rings is 2. The largest absolute Gasteiger partial charge is 0.496 e. The highest BCUT2D eigenvalue weighted by Crippen LogP contribution is 2.33. The summed E-state index contributed by atoms with van der Waals surface area (Å²) in [4.78, 5) is 0. The lowest BCUT2D eigenvalue weighted by Gasteiger charge is -2.21. The van der Waals surface area contributed by atoms with E-state index in [9.17, 15) is 13.2 Å². The lowest BCUT2D eigenvalue weighted by atomic mass is 9.95. The molecule has 1 N–H and O–H groups in total. The number of methoxy groups -OCH3 is 1. The Morgan fingerprint density at radius 3 is 2.43 bits per heavy atom. The summed E-state index contributed by atoms with van der Waals surface area (Å²) in [5.41, 5.74) is 0.506. The Balaban J connectivity index is 2.66. The first-order valence-electron chi connectivity index (χ1n) is 6.44. The number of rotatable bonds is 4. The van der Waals surface area contributed by atoms with E-state index in [-0.39, 0.29) is 5.56 Å². The Hall–Kier alpha value is -2.01. The molecule has 0 heterocycles. The van der Waals surface area contributed by atoms with Crippen molar-refractivity contribution in [1.82, 2.24) is 5.32 Å². The summed E-state index contributed by atoms with van der Waals surface area (Å²) in [6.07, 6.45) is 0. The fourth-order valence-corrected chi connectivity index (χ4v) is 2.33. The molecule has 0 radical (unpaired) electrons. The summed E-state index contributed by atoms with van der Waals surface area (Å²) in [5.74, 6) is -1.49. The minimum absolute atomic E-state index is 0.151. The van der Waals surface area contributed by atoms with E-state index in [0.717, 1.165) is 0 Å². The summed E-state index contributed by atoms with van der Waals surface area (Å²) in [6, 6.07) is 5.59. The highest BCUT2D eigenvalue weighted by atomic mass is 19.1. The van der Waals surface area contributed by atoms with Gasteiger partial charge in [0, 0.05) is 11.1 Å². The maximum absolute atomic E-state index is 14.3. The molecule has 2 aromatic carbocycles. The van der Waals surface area contributed by atoms with Gasteiger partial charge in [-0.25, -0.2) is 13.2 Å². The fraction of sp³-hybridized carbons (Fsp3) is 0.250. The lowest BCUT2D eigenvalue weighted by molar-refractivity contribution is 0.401. The second kappa shape index (κ2) is 6.18. The molecule has 0 bridgehead atoms. The summed E-state index contributed by atoms with van der Waals surface area (Å²) >= 11 is 0. The van der Waals surface area contributed by atoms with E-state index >= 15 is 0 Å². The summed E-state index contributed by atoms with van der Waals surface area (Å²) in [7, 11) is 2.97. The maximum atomic E-state index is 14.3. The number of nitrogens with one attached hydrogen (secondary N) is 1. The molecule has 0 saturated carbocycles. The van der Waals surface area contributed by atoms with Crippen LogP contribution in [0.3, 0.4) is 0 Å². The zero-order valence-electron chi connectivity index (χ0n) is 12.0. The van der Waals surface area contributed by atoms with Gasteiger partial charge in [0.2, 0.25) is 0 Å². The van der Waals surface area contributed by atoms with Crippen molar-refractivity contribution in [3.8, 4) is 5.75 Å². The van der Waals surface area contributed by atoms with E-state index in [1.54, 1.807) is 14.0 Å². The highest BCUT2D eigenvalue weighted by Gasteiger charge is 2.25. The van der Waals surface area contributed by atoms with Gasteiger partial charge in [-0.3, -0.25) is 0 Å². The maximum Gasteiger partial charge on any atom is 0.134 e. The second-order valence-corrected chi connectivity index (χ2v) is 4.70. The zero-order valence-corrected chi connectivity index (χ0v) is 12.0. The van der Waals surface area contributed by atoms with Crippen molar-refractivity contribution in [2.24, 2.45) is 0 Å². The minimum atomic E-state index is -0.851. The lowest BCUT2D eigenvalue weighted by Crippen LogP contribution is -2.21. The van der Waals surface area contributed by atoms with Crippen LogP contribution in [0.15, 0.2) is 30.3 Å². The smallest absolute Gasteiger partial charge is 0.134 e. The predicted molar refractivity (Wildman–Crippen MR) is 74.9 cm³/mol. The van der Waals surface area contributed by atoms with Gasteiger partial charge in [-0.2, -0.15) is 0 Å². The van der Waals surface area contributed by atoms with E-state index in [0.29, 0.717) is 16.9 Å². The van der Waals surface area contributed by atoms with Crippen LogP contribution in [0.5, 0.6) is 5.75 Å². The van der Waals surface area contributed by atoms with E-state index in [1.165, 1.54) is 37.4 Å². The van der Waals surface area contributed by atoms with Crippen LogP contribution in [-0.2, 0) is 0 Å². The van der Waals surface area contributed by atoms with Crippen LogP contribution in [0.2, 0.25) is 0 Å². The van der Waals surface area contributed by atoms with Gasteiger partial charge in [-0.15, -0.1) is 0 Å². The topological polar surface area (TPSA) is 21.3 Å². The summed E-state index contributed by atoms with van der Waals surface area (Å²) in [6.45, 7) is 1.55. The monoisotopic (exact) mass is 295 g/mol. The summed E-state index contributed by atoms with van der Waals surface area (Å²) in [5, 5.41) is 2.82. The van der Waals surface area contributed by atoms with Gasteiger partial charge in [0.15, 0.2) is 0 Å². The molecular weight excluding hydrogens is 279 g/mol. The Bertz CT molecular complexity index is 658. The molecule has 1 atom stereocenters. The van der Waals surface area contributed by atoms with Crippen LogP contribution >= 0.6 is 0 Å². The highest BCUT2D eigenvalue weighted by molar-refractivity contribution is 5.43. The number of hydrogen-bond donors (Lipinski definition) is 1. The van der Waals surface area contributed by atoms with Gasteiger partial charge in [0.05, 0.1) is 13.2 Å². The predicted octanol–water partition coefficient (Wildman–Crippen LogP) is 3.73. The van der Waals surface area contributed by atoms with Crippen LogP contribution in [0.25, 0.3) is 0 Å². The van der Waals surface area contributed by atoms with Crippen LogP contribution in [0, 0.1) is 24.4 Å². The molecule has 0 aromatic heterocycles. The molecule has 2 aromatic rings. The molecule has 2 nitrogen and oxygen atoms in total.